The molecule has 3 heterocycles. The van der Waals surface area contributed by atoms with E-state index >= 15 is 0 Å². The van der Waals surface area contributed by atoms with Crippen LogP contribution in [0, 0.1) is 11.6 Å². The molecule has 0 atom stereocenters. The Hall–Kier alpha value is -3.92. The van der Waals surface area contributed by atoms with Crippen LogP contribution in [0.25, 0.3) is 32.9 Å². The van der Waals surface area contributed by atoms with Gasteiger partial charge in [-0.15, -0.1) is 0 Å². The summed E-state index contributed by atoms with van der Waals surface area (Å²) >= 11 is 0. The van der Waals surface area contributed by atoms with E-state index < -0.39 is 21.7 Å². The van der Waals surface area contributed by atoms with Crippen molar-refractivity contribution in [2.75, 3.05) is 10.5 Å². The monoisotopic (exact) mass is 496 g/mol. The zero-order valence-electron chi connectivity index (χ0n) is 19.0. The van der Waals surface area contributed by atoms with Crippen LogP contribution in [-0.2, 0) is 23.6 Å². The lowest BCUT2D eigenvalue weighted by Crippen LogP contribution is -2.14. The quantitative estimate of drug-likeness (QED) is 0.347. The maximum atomic E-state index is 14.4. The summed E-state index contributed by atoms with van der Waals surface area (Å²) in [7, 11) is -1.81. The predicted octanol–water partition coefficient (Wildman–Crippen LogP) is 4.99. The number of sulfonamides is 1. The summed E-state index contributed by atoms with van der Waals surface area (Å²) in [6.07, 6.45) is 5.03. The zero-order valence-corrected chi connectivity index (χ0v) is 19.8. The molecule has 0 saturated heterocycles. The molecule has 0 aliphatic carbocycles. The van der Waals surface area contributed by atoms with Crippen molar-refractivity contribution in [2.24, 2.45) is 7.05 Å². The molecule has 2 aromatic carbocycles. The van der Waals surface area contributed by atoms with Crippen molar-refractivity contribution >= 4 is 37.5 Å². The fraction of sp³-hybridized carbons (Fsp3) is 0.160. The smallest absolute Gasteiger partial charge is 0.236 e. The van der Waals surface area contributed by atoms with Crippen molar-refractivity contribution in [1.29, 1.82) is 0 Å². The highest BCUT2D eigenvalue weighted by atomic mass is 32.2. The van der Waals surface area contributed by atoms with E-state index in [9.17, 15) is 22.3 Å². The first-order valence-electron chi connectivity index (χ1n) is 10.9. The minimum Gasteiger partial charge on any atom is -0.492 e. The van der Waals surface area contributed by atoms with Gasteiger partial charge in [-0.2, -0.15) is 0 Å². The molecule has 7 nitrogen and oxygen atoms in total. The Morgan fingerprint density at radius 2 is 1.91 bits per heavy atom. The third kappa shape index (κ3) is 3.99. The second kappa shape index (κ2) is 8.38. The first-order valence-corrected chi connectivity index (χ1v) is 12.5. The van der Waals surface area contributed by atoms with Crippen LogP contribution < -0.4 is 4.72 Å². The van der Waals surface area contributed by atoms with E-state index in [0.29, 0.717) is 27.7 Å². The molecule has 0 amide bonds. The number of nitrogens with one attached hydrogen (secondary N) is 1. The summed E-state index contributed by atoms with van der Waals surface area (Å²) in [5.41, 5.74) is 3.15. The summed E-state index contributed by atoms with van der Waals surface area (Å²) in [6, 6.07) is 11.1. The number of benzene rings is 2. The van der Waals surface area contributed by atoms with E-state index in [-0.39, 0.29) is 23.7 Å². The van der Waals surface area contributed by atoms with Crippen molar-refractivity contribution in [3.8, 4) is 17.0 Å². The molecule has 0 unspecified atom stereocenters. The van der Waals surface area contributed by atoms with E-state index in [4.69, 9.17) is 0 Å². The molecule has 0 saturated carbocycles. The molecule has 2 N–H and O–H groups in total. The standard InChI is InChI=1S/C25H22F2N4O3S/c1-3-35(33,34)29-21-11-16(19-14-30(2)24-17(19)7-9-28-25(24)32)12-22-18(21)8-10-31(22)13-15-5-4-6-20(26)23(15)27/h4-12,14,29H,3,13H2,1-2H3,(H,28,32). The summed E-state index contributed by atoms with van der Waals surface area (Å²) in [6.45, 7) is 1.60. The second-order valence-corrected chi connectivity index (χ2v) is 10.3. The Morgan fingerprint density at radius 1 is 1.11 bits per heavy atom. The van der Waals surface area contributed by atoms with Gasteiger partial charge in [-0.3, -0.25) is 4.72 Å². The molecule has 0 spiro atoms. The fourth-order valence-corrected chi connectivity index (χ4v) is 4.98. The van der Waals surface area contributed by atoms with Crippen molar-refractivity contribution in [3.05, 3.63) is 78.3 Å². The Bertz CT molecular complexity index is 1710. The topological polar surface area (TPSA) is 89.2 Å². The van der Waals surface area contributed by atoms with Crippen LogP contribution in [0.5, 0.6) is 5.88 Å². The minimum atomic E-state index is -3.59. The van der Waals surface area contributed by atoms with E-state index in [1.54, 1.807) is 47.5 Å². The molecule has 180 valence electrons. The van der Waals surface area contributed by atoms with Crippen LogP contribution in [-0.4, -0.2) is 33.4 Å². The lowest BCUT2D eigenvalue weighted by Gasteiger charge is -2.13. The van der Waals surface area contributed by atoms with Gasteiger partial charge in [-0.05, 0) is 42.8 Å². The van der Waals surface area contributed by atoms with Gasteiger partial charge < -0.3 is 14.2 Å². The summed E-state index contributed by atoms with van der Waals surface area (Å²) < 4.78 is 59.2. The third-order valence-electron chi connectivity index (χ3n) is 6.09. The minimum absolute atomic E-state index is 0.0523. The van der Waals surface area contributed by atoms with Gasteiger partial charge >= 0.3 is 0 Å². The van der Waals surface area contributed by atoms with E-state index in [0.717, 1.165) is 17.0 Å². The molecule has 0 aliphatic heterocycles. The van der Waals surface area contributed by atoms with Crippen LogP contribution in [0.2, 0.25) is 0 Å². The number of aryl methyl sites for hydroxylation is 1. The number of nitrogens with zero attached hydrogens (tertiary/aromatic N) is 3. The SMILES string of the molecule is CCS(=O)(=O)Nc1cc(-c2cn(C)c3c(O)nccc23)cc2c1ccn2Cc1cccc(F)c1F. The zero-order chi connectivity index (χ0) is 24.9. The van der Waals surface area contributed by atoms with Crippen LogP contribution in [0.3, 0.4) is 0 Å². The van der Waals surface area contributed by atoms with Gasteiger partial charge in [0.25, 0.3) is 0 Å². The number of anilines is 1. The first kappa shape index (κ1) is 22.9. The third-order valence-corrected chi connectivity index (χ3v) is 7.38. The lowest BCUT2D eigenvalue weighted by atomic mass is 10.0. The van der Waals surface area contributed by atoms with Crippen molar-refractivity contribution in [1.82, 2.24) is 14.1 Å². The molecule has 10 heteroatoms. The van der Waals surface area contributed by atoms with Gasteiger partial charge in [0.15, 0.2) is 11.6 Å². The molecule has 0 bridgehead atoms. The molecule has 35 heavy (non-hydrogen) atoms. The number of pyridine rings is 1. The number of rotatable bonds is 6. The number of aromatic nitrogens is 3. The number of hydrogen-bond acceptors (Lipinski definition) is 4. The van der Waals surface area contributed by atoms with E-state index in [1.165, 1.54) is 18.3 Å². The summed E-state index contributed by atoms with van der Waals surface area (Å²) in [4.78, 5) is 3.94. The Labute approximate surface area is 200 Å². The molecular weight excluding hydrogens is 474 g/mol. The molecule has 5 aromatic rings. The molecule has 0 fully saturated rings. The number of fused-ring (bicyclic) bond motifs is 2. The van der Waals surface area contributed by atoms with Crippen molar-refractivity contribution in [3.63, 3.8) is 0 Å². The highest BCUT2D eigenvalue weighted by Crippen LogP contribution is 2.38. The maximum absolute atomic E-state index is 14.4. The van der Waals surface area contributed by atoms with Gasteiger partial charge in [0, 0.05) is 47.5 Å². The molecule has 5 rings (SSSR count). The first-order chi connectivity index (χ1) is 16.7. The lowest BCUT2D eigenvalue weighted by molar-refractivity contribution is 0.457. The van der Waals surface area contributed by atoms with Gasteiger partial charge in [0.2, 0.25) is 15.9 Å². The predicted molar refractivity (Wildman–Crippen MR) is 132 cm³/mol. The average molecular weight is 497 g/mol. The van der Waals surface area contributed by atoms with Gasteiger partial charge in [0.1, 0.15) is 5.52 Å². The van der Waals surface area contributed by atoms with Crippen molar-refractivity contribution < 1.29 is 22.3 Å². The number of aromatic hydroxyl groups is 1. The highest BCUT2D eigenvalue weighted by Gasteiger charge is 2.18. The largest absolute Gasteiger partial charge is 0.492 e. The van der Waals surface area contributed by atoms with E-state index in [2.05, 4.69) is 9.71 Å². The van der Waals surface area contributed by atoms with Crippen LogP contribution in [0.1, 0.15) is 12.5 Å². The number of hydrogen-bond donors (Lipinski definition) is 2. The Balaban J connectivity index is 1.74. The highest BCUT2D eigenvalue weighted by molar-refractivity contribution is 7.92. The summed E-state index contributed by atoms with van der Waals surface area (Å²) in [5, 5.41) is 11.6. The summed E-state index contributed by atoms with van der Waals surface area (Å²) in [5.74, 6) is -2.08. The fourth-order valence-electron chi connectivity index (χ4n) is 4.33. The van der Waals surface area contributed by atoms with Crippen LogP contribution in [0.4, 0.5) is 14.5 Å². The average Bonchev–Trinajstić information content (AvgIpc) is 3.38. The normalized spacial score (nSPS) is 12.0. The molecular formula is C25H22F2N4O3S. The van der Waals surface area contributed by atoms with Gasteiger partial charge in [-0.1, -0.05) is 12.1 Å². The molecule has 0 aliphatic rings. The van der Waals surface area contributed by atoms with Gasteiger partial charge in [0.05, 0.1) is 23.5 Å². The van der Waals surface area contributed by atoms with Crippen LogP contribution in [0.15, 0.2) is 61.1 Å². The second-order valence-electron chi connectivity index (χ2n) is 8.30. The molecule has 3 aromatic heterocycles. The Kier molecular flexibility index (Phi) is 5.47. The number of halogens is 2. The van der Waals surface area contributed by atoms with Gasteiger partial charge in [-0.25, -0.2) is 22.2 Å². The van der Waals surface area contributed by atoms with E-state index in [1.807, 2.05) is 12.3 Å². The Morgan fingerprint density at radius 3 is 2.69 bits per heavy atom. The maximum Gasteiger partial charge on any atom is 0.236 e. The van der Waals surface area contributed by atoms with Crippen LogP contribution >= 0.6 is 0 Å². The van der Waals surface area contributed by atoms with Crippen molar-refractivity contribution in [2.45, 2.75) is 13.5 Å². The molecule has 0 radical (unpaired) electrons.